The molecule has 3 amide bonds. The second kappa shape index (κ2) is 17.5. The van der Waals surface area contributed by atoms with Crippen molar-refractivity contribution in [3.8, 4) is 11.5 Å². The number of hydrogen-bond donors (Lipinski definition) is 4. The molecule has 17 heteroatoms. The third kappa shape index (κ3) is 9.99. The molecule has 4 rings (SSSR count). The number of rotatable bonds is 16. The summed E-state index contributed by atoms with van der Waals surface area (Å²) in [4.78, 5) is 56.3. The molecule has 2 aromatic carbocycles. The van der Waals surface area contributed by atoms with Crippen molar-refractivity contribution in [3.05, 3.63) is 65.0 Å². The molecule has 0 aliphatic carbocycles. The molecule has 0 atom stereocenters. The third-order valence-corrected chi connectivity index (χ3v) is 7.98. The van der Waals surface area contributed by atoms with Crippen LogP contribution in [0.5, 0.6) is 11.5 Å². The molecule has 0 saturated carbocycles. The van der Waals surface area contributed by atoms with Gasteiger partial charge < -0.3 is 45.2 Å². The van der Waals surface area contributed by atoms with Crippen LogP contribution in [-0.4, -0.2) is 94.7 Å². The van der Waals surface area contributed by atoms with Crippen molar-refractivity contribution in [3.63, 3.8) is 0 Å². The Labute approximate surface area is 313 Å². The number of esters is 1. The Kier molecular flexibility index (Phi) is 13.1. The van der Waals surface area contributed by atoms with Gasteiger partial charge in [-0.1, -0.05) is 12.2 Å². The van der Waals surface area contributed by atoms with Gasteiger partial charge in [-0.3, -0.25) is 19.6 Å². The Morgan fingerprint density at radius 2 is 1.74 bits per heavy atom. The van der Waals surface area contributed by atoms with E-state index in [2.05, 4.69) is 20.7 Å². The Morgan fingerprint density at radius 3 is 2.39 bits per heavy atom. The Morgan fingerprint density at radius 1 is 1.02 bits per heavy atom. The predicted molar refractivity (Wildman–Crippen MR) is 204 cm³/mol. The topological polar surface area (TPSA) is 220 Å². The summed E-state index contributed by atoms with van der Waals surface area (Å²) in [5.41, 5.74) is 14.4. The van der Waals surface area contributed by atoms with Gasteiger partial charge in [0.2, 0.25) is 11.9 Å². The number of ether oxygens (including phenoxy) is 4. The monoisotopic (exact) mass is 747 g/mol. The number of methoxy groups -OCH3 is 2. The number of hydrogen-bond acceptors (Lipinski definition) is 12. The number of benzene rings is 2. The van der Waals surface area contributed by atoms with Crippen LogP contribution in [0.4, 0.5) is 22.1 Å². The zero-order chi connectivity index (χ0) is 39.7. The Balaban J connectivity index is 1.54. The van der Waals surface area contributed by atoms with E-state index >= 15 is 0 Å². The van der Waals surface area contributed by atoms with Crippen molar-refractivity contribution in [1.82, 2.24) is 24.2 Å². The predicted octanol–water partition coefficient (Wildman–Crippen LogP) is 4.59. The normalized spacial score (nSPS) is 11.4. The van der Waals surface area contributed by atoms with E-state index in [0.717, 1.165) is 0 Å². The maximum Gasteiger partial charge on any atom is 0.410 e. The highest BCUT2D eigenvalue weighted by Crippen LogP contribution is 2.33. The van der Waals surface area contributed by atoms with Gasteiger partial charge >= 0.3 is 12.1 Å². The van der Waals surface area contributed by atoms with Gasteiger partial charge in [-0.05, 0) is 71.4 Å². The summed E-state index contributed by atoms with van der Waals surface area (Å²) in [7, 11) is 4.39. The molecule has 290 valence electrons. The number of nitrogen functional groups attached to an aromatic ring is 1. The van der Waals surface area contributed by atoms with E-state index in [9.17, 15) is 19.2 Å². The maximum atomic E-state index is 13.4. The van der Waals surface area contributed by atoms with Crippen molar-refractivity contribution in [2.45, 2.75) is 59.7 Å². The van der Waals surface area contributed by atoms with Crippen LogP contribution in [0.1, 0.15) is 71.0 Å². The second-order valence-electron chi connectivity index (χ2n) is 13.3. The number of imidazole rings is 1. The van der Waals surface area contributed by atoms with Crippen molar-refractivity contribution in [2.75, 3.05) is 57.3 Å². The number of anilines is 3. The van der Waals surface area contributed by atoms with Crippen molar-refractivity contribution >= 4 is 52.2 Å². The zero-order valence-corrected chi connectivity index (χ0v) is 31.9. The average Bonchev–Trinajstić information content (AvgIpc) is 3.67. The first kappa shape index (κ1) is 40.5. The van der Waals surface area contributed by atoms with Crippen LogP contribution >= 0.6 is 0 Å². The van der Waals surface area contributed by atoms with E-state index < -0.39 is 29.5 Å². The molecule has 0 fully saturated rings. The molecule has 2 heterocycles. The highest BCUT2D eigenvalue weighted by molar-refractivity contribution is 6.04. The zero-order valence-electron chi connectivity index (χ0n) is 31.9. The molecule has 4 aromatic rings. The fourth-order valence-electron chi connectivity index (χ4n) is 5.45. The largest absolute Gasteiger partial charge is 0.494 e. The smallest absolute Gasteiger partial charge is 0.410 e. The van der Waals surface area contributed by atoms with Gasteiger partial charge in [-0.25, -0.2) is 14.6 Å². The Bertz CT molecular complexity index is 2040. The fraction of sp³-hybridized carbons (Fsp3) is 0.405. The van der Waals surface area contributed by atoms with E-state index in [1.807, 2.05) is 19.1 Å². The second-order valence-corrected chi connectivity index (χ2v) is 13.3. The summed E-state index contributed by atoms with van der Waals surface area (Å²) in [6.45, 7) is 10.7. The van der Waals surface area contributed by atoms with Crippen LogP contribution in [0.15, 0.2) is 42.5 Å². The summed E-state index contributed by atoms with van der Waals surface area (Å²) in [6, 6.07) is 7.78. The number of nitrogens with one attached hydrogen (secondary N) is 2. The lowest BCUT2D eigenvalue weighted by atomic mass is 10.1. The molecule has 2 aromatic heterocycles. The SMILES string of the molecule is CCn1nc(C)cc1C(=O)Nc1nc2cc(C(=O)OC)cc(OC)c2n1C/C=C/CNc1c(N)cc(C(N)=O)cc1OCCCN(C)C(=O)OC(C)(C)C. The van der Waals surface area contributed by atoms with E-state index in [4.69, 9.17) is 30.4 Å². The van der Waals surface area contributed by atoms with Crippen LogP contribution in [0.25, 0.3) is 11.0 Å². The molecule has 0 aliphatic rings. The molecule has 6 N–H and O–H groups in total. The van der Waals surface area contributed by atoms with Gasteiger partial charge in [0.25, 0.3) is 5.91 Å². The van der Waals surface area contributed by atoms with Gasteiger partial charge in [0.1, 0.15) is 34.0 Å². The quantitative estimate of drug-likeness (QED) is 0.0535. The Hall–Kier alpha value is -6.26. The van der Waals surface area contributed by atoms with Crippen LogP contribution in [0.3, 0.4) is 0 Å². The van der Waals surface area contributed by atoms with Gasteiger partial charge in [-0.15, -0.1) is 0 Å². The molecule has 0 radical (unpaired) electrons. The van der Waals surface area contributed by atoms with Gasteiger partial charge in [0.05, 0.1) is 43.3 Å². The van der Waals surface area contributed by atoms with Crippen molar-refractivity contribution in [1.29, 1.82) is 0 Å². The van der Waals surface area contributed by atoms with E-state index in [1.165, 1.54) is 31.3 Å². The molecule has 0 bridgehead atoms. The third-order valence-electron chi connectivity index (χ3n) is 7.98. The summed E-state index contributed by atoms with van der Waals surface area (Å²) >= 11 is 0. The number of allylic oxidation sites excluding steroid dienone is 1. The highest BCUT2D eigenvalue weighted by Gasteiger charge is 2.23. The van der Waals surface area contributed by atoms with Crippen LogP contribution in [-0.2, 0) is 22.6 Å². The molecular weight excluding hydrogens is 698 g/mol. The molecule has 0 aliphatic heterocycles. The number of nitrogens with two attached hydrogens (primary N) is 2. The average molecular weight is 748 g/mol. The standard InChI is InChI=1S/C37H49N9O8/c1-9-46-27(17-22(2)43-46)33(48)42-35-41-26-19-24(34(49)52-8)21-29(51-7)31(26)45(35)15-11-10-13-40-30-25(38)18-23(32(39)47)20-28(30)53-16-12-14-44(6)36(50)54-37(3,4)5/h10-11,17-21,40H,9,12-16,38H2,1-8H3,(H2,39,47)(H,41,42,48)/b11-10+. The van der Waals surface area contributed by atoms with E-state index in [1.54, 1.807) is 62.2 Å². The minimum absolute atomic E-state index is 0.178. The summed E-state index contributed by atoms with van der Waals surface area (Å²) in [6.07, 6.45) is 3.71. The number of amides is 3. The lowest BCUT2D eigenvalue weighted by Gasteiger charge is -2.24. The lowest BCUT2D eigenvalue weighted by Crippen LogP contribution is -2.35. The van der Waals surface area contributed by atoms with Gasteiger partial charge in [-0.2, -0.15) is 5.10 Å². The molecular formula is C37H49N9O8. The number of primary amides is 1. The van der Waals surface area contributed by atoms with Crippen molar-refractivity contribution in [2.24, 2.45) is 5.73 Å². The fourth-order valence-corrected chi connectivity index (χ4v) is 5.45. The van der Waals surface area contributed by atoms with Crippen molar-refractivity contribution < 1.29 is 38.1 Å². The number of aromatic nitrogens is 4. The number of carbonyl (C=O) groups excluding carboxylic acids is 4. The number of aryl methyl sites for hydroxylation is 2. The van der Waals surface area contributed by atoms with E-state index in [-0.39, 0.29) is 42.5 Å². The lowest BCUT2D eigenvalue weighted by molar-refractivity contribution is 0.0291. The number of carbonyl (C=O) groups is 4. The van der Waals surface area contributed by atoms with Crippen LogP contribution in [0, 0.1) is 6.92 Å². The minimum Gasteiger partial charge on any atom is -0.494 e. The first-order valence-electron chi connectivity index (χ1n) is 17.3. The first-order valence-corrected chi connectivity index (χ1v) is 17.3. The molecule has 0 saturated heterocycles. The maximum absolute atomic E-state index is 13.4. The highest BCUT2D eigenvalue weighted by atomic mass is 16.6. The number of fused-ring (bicyclic) bond motifs is 1. The molecule has 0 unspecified atom stereocenters. The van der Waals surface area contributed by atoms with Crippen LogP contribution in [0.2, 0.25) is 0 Å². The van der Waals surface area contributed by atoms with E-state index in [0.29, 0.717) is 59.1 Å². The first-order chi connectivity index (χ1) is 25.6. The van der Waals surface area contributed by atoms with Crippen LogP contribution < -0.4 is 31.6 Å². The summed E-state index contributed by atoms with van der Waals surface area (Å²) in [5.74, 6) is -0.761. The van der Waals surface area contributed by atoms with Gasteiger partial charge in [0.15, 0.2) is 0 Å². The summed E-state index contributed by atoms with van der Waals surface area (Å²) in [5, 5.41) is 10.5. The summed E-state index contributed by atoms with van der Waals surface area (Å²) < 4.78 is 25.3. The molecule has 54 heavy (non-hydrogen) atoms. The minimum atomic E-state index is -0.665. The number of nitrogens with zero attached hydrogens (tertiary/aromatic N) is 5. The molecule has 17 nitrogen and oxygen atoms in total. The molecule has 0 spiro atoms. The van der Waals surface area contributed by atoms with Gasteiger partial charge in [0, 0.05) is 38.8 Å².